The summed E-state index contributed by atoms with van der Waals surface area (Å²) in [5.74, 6) is 0.337. The summed E-state index contributed by atoms with van der Waals surface area (Å²) in [5, 5.41) is 3.21. The van der Waals surface area contributed by atoms with Crippen LogP contribution in [0.4, 0.5) is 0 Å². The first-order chi connectivity index (χ1) is 10.9. The van der Waals surface area contributed by atoms with Crippen LogP contribution in [0, 0.1) is 6.92 Å². The molecule has 3 fully saturated rings. The molecule has 9 heteroatoms. The Morgan fingerprint density at radius 1 is 1.48 bits per heavy atom. The molecule has 3 saturated heterocycles. The summed E-state index contributed by atoms with van der Waals surface area (Å²) in [7, 11) is -3.35. The highest BCUT2D eigenvalue weighted by atomic mass is 32.2. The molecule has 2 bridgehead atoms. The molecule has 0 aliphatic carbocycles. The molecule has 0 aromatic carbocycles. The zero-order valence-corrected chi connectivity index (χ0v) is 13.9. The smallest absolute Gasteiger partial charge is 0.276 e. The number of likely N-dealkylation sites (tertiary alicyclic amines) is 1. The molecular formula is C14H19N3O5S. The Morgan fingerprint density at radius 3 is 2.91 bits per heavy atom. The summed E-state index contributed by atoms with van der Waals surface area (Å²) in [6, 6.07) is 1.60. The molecule has 3 aliphatic rings. The maximum Gasteiger partial charge on any atom is 0.276 e. The van der Waals surface area contributed by atoms with Gasteiger partial charge in [-0.2, -0.15) is 4.31 Å². The highest BCUT2D eigenvalue weighted by Gasteiger charge is 2.65. The van der Waals surface area contributed by atoms with Crippen LogP contribution in [0.2, 0.25) is 0 Å². The highest BCUT2D eigenvalue weighted by molar-refractivity contribution is 7.90. The van der Waals surface area contributed by atoms with Crippen LogP contribution >= 0.6 is 0 Å². The van der Waals surface area contributed by atoms with Crippen molar-refractivity contribution in [2.75, 3.05) is 26.2 Å². The van der Waals surface area contributed by atoms with Gasteiger partial charge in [0.25, 0.3) is 5.91 Å². The first kappa shape index (κ1) is 15.1. The Kier molecular flexibility index (Phi) is 3.14. The van der Waals surface area contributed by atoms with Crippen LogP contribution in [-0.2, 0) is 14.8 Å². The predicted molar refractivity (Wildman–Crippen MR) is 79.3 cm³/mol. The van der Waals surface area contributed by atoms with Crippen molar-refractivity contribution in [1.82, 2.24) is 14.4 Å². The lowest BCUT2D eigenvalue weighted by Crippen LogP contribution is -2.56. The summed E-state index contributed by atoms with van der Waals surface area (Å²) >= 11 is 0. The lowest BCUT2D eigenvalue weighted by molar-refractivity contribution is -0.0976. The number of amides is 1. The maximum absolute atomic E-state index is 12.6. The molecule has 1 aromatic rings. The average Bonchev–Trinajstić information content (AvgIpc) is 3.10. The number of ether oxygens (including phenoxy) is 1. The second-order valence-electron chi connectivity index (χ2n) is 6.51. The molecule has 0 N–H and O–H groups in total. The van der Waals surface area contributed by atoms with Gasteiger partial charge in [-0.15, -0.1) is 0 Å². The number of sulfonamides is 1. The standard InChI is InChI=1S/C14H19N3O5S/c1-3-17-8-14-7-16(13(18)11-4-9(2)22-15-11)6-10(21-14)5-12(14)23(17,19)20/h4,10,12H,3,5-8H2,1-2H3/t10-,12+,14+/m0/s1. The quantitative estimate of drug-likeness (QED) is 0.752. The van der Waals surface area contributed by atoms with Crippen molar-refractivity contribution in [2.45, 2.75) is 37.2 Å². The Hall–Kier alpha value is -1.45. The summed E-state index contributed by atoms with van der Waals surface area (Å²) in [4.78, 5) is 14.3. The first-order valence-electron chi connectivity index (χ1n) is 7.75. The van der Waals surface area contributed by atoms with E-state index in [9.17, 15) is 13.2 Å². The summed E-state index contributed by atoms with van der Waals surface area (Å²) in [6.45, 7) is 4.94. The van der Waals surface area contributed by atoms with Crippen molar-refractivity contribution in [3.8, 4) is 0 Å². The Bertz CT molecular complexity index is 760. The molecule has 1 spiro atoms. The van der Waals surface area contributed by atoms with E-state index in [1.807, 2.05) is 6.92 Å². The van der Waals surface area contributed by atoms with Crippen LogP contribution in [0.3, 0.4) is 0 Å². The molecular weight excluding hydrogens is 322 g/mol. The van der Waals surface area contributed by atoms with Crippen molar-refractivity contribution in [3.05, 3.63) is 17.5 Å². The SMILES string of the molecule is CCN1C[C@]23CN(C(=O)c4cc(C)on4)C[C@H](C[C@H]2S1(=O)=O)O3. The van der Waals surface area contributed by atoms with Crippen LogP contribution < -0.4 is 0 Å². The molecule has 0 saturated carbocycles. The summed E-state index contributed by atoms with van der Waals surface area (Å²) in [6.07, 6.45) is 0.208. The van der Waals surface area contributed by atoms with Gasteiger partial charge in [-0.3, -0.25) is 4.79 Å². The van der Waals surface area contributed by atoms with Gasteiger partial charge in [-0.1, -0.05) is 12.1 Å². The van der Waals surface area contributed by atoms with E-state index in [1.165, 1.54) is 4.31 Å². The molecule has 0 radical (unpaired) electrons. The van der Waals surface area contributed by atoms with Crippen molar-refractivity contribution in [1.29, 1.82) is 0 Å². The highest BCUT2D eigenvalue weighted by Crippen LogP contribution is 2.46. The van der Waals surface area contributed by atoms with Crippen LogP contribution in [-0.4, -0.2) is 71.8 Å². The van der Waals surface area contributed by atoms with Crippen LogP contribution in [0.5, 0.6) is 0 Å². The second-order valence-corrected chi connectivity index (χ2v) is 8.62. The average molecular weight is 341 g/mol. The summed E-state index contributed by atoms with van der Waals surface area (Å²) in [5.41, 5.74) is -0.559. The third-order valence-corrected chi connectivity index (χ3v) is 7.45. The number of hydrogen-bond donors (Lipinski definition) is 0. The van der Waals surface area contributed by atoms with E-state index >= 15 is 0 Å². The van der Waals surface area contributed by atoms with Gasteiger partial charge >= 0.3 is 0 Å². The number of likely N-dealkylation sites (N-methyl/N-ethyl adjacent to an activating group) is 1. The molecule has 1 amide bonds. The number of hydrogen-bond acceptors (Lipinski definition) is 6. The molecule has 0 unspecified atom stereocenters. The van der Waals surface area contributed by atoms with Gasteiger partial charge < -0.3 is 14.2 Å². The summed E-state index contributed by atoms with van der Waals surface area (Å²) < 4.78 is 37.7. The lowest BCUT2D eigenvalue weighted by atomic mass is 9.99. The number of nitrogens with zero attached hydrogens (tertiary/aromatic N) is 3. The number of aromatic nitrogens is 1. The van der Waals surface area contributed by atoms with Crippen molar-refractivity contribution in [2.24, 2.45) is 0 Å². The van der Waals surface area contributed by atoms with Gasteiger partial charge in [0, 0.05) is 25.7 Å². The van der Waals surface area contributed by atoms with E-state index in [4.69, 9.17) is 9.26 Å². The van der Waals surface area contributed by atoms with Crippen LogP contribution in [0.15, 0.2) is 10.6 Å². The van der Waals surface area contributed by atoms with E-state index in [0.29, 0.717) is 31.8 Å². The lowest BCUT2D eigenvalue weighted by Gasteiger charge is -2.39. The maximum atomic E-state index is 12.6. The van der Waals surface area contributed by atoms with Gasteiger partial charge in [-0.25, -0.2) is 8.42 Å². The van der Waals surface area contributed by atoms with E-state index in [2.05, 4.69) is 5.16 Å². The number of rotatable bonds is 2. The van der Waals surface area contributed by atoms with Crippen LogP contribution in [0.1, 0.15) is 29.6 Å². The minimum absolute atomic E-state index is 0.234. The van der Waals surface area contributed by atoms with E-state index in [1.54, 1.807) is 17.9 Å². The fourth-order valence-corrected chi connectivity index (χ4v) is 6.34. The fraction of sp³-hybridized carbons (Fsp3) is 0.714. The third-order valence-electron chi connectivity index (χ3n) is 5.00. The zero-order chi connectivity index (χ0) is 16.4. The number of carbonyl (C=O) groups excluding carboxylic acids is 1. The number of aryl methyl sites for hydroxylation is 1. The van der Waals surface area contributed by atoms with Crippen LogP contribution in [0.25, 0.3) is 0 Å². The first-order valence-corrected chi connectivity index (χ1v) is 9.25. The zero-order valence-electron chi connectivity index (χ0n) is 13.1. The molecule has 1 aromatic heterocycles. The predicted octanol–water partition coefficient (Wildman–Crippen LogP) is 0.000420. The minimum Gasteiger partial charge on any atom is -0.365 e. The third kappa shape index (κ3) is 2.06. The monoisotopic (exact) mass is 341 g/mol. The topological polar surface area (TPSA) is 93.0 Å². The van der Waals surface area contributed by atoms with Gasteiger partial charge in [0.1, 0.15) is 16.6 Å². The van der Waals surface area contributed by atoms with Gasteiger partial charge in [0.2, 0.25) is 10.0 Å². The normalized spacial score (nSPS) is 35.5. The Balaban J connectivity index is 1.64. The number of morpholine rings is 1. The van der Waals surface area contributed by atoms with Crippen molar-refractivity contribution < 1.29 is 22.5 Å². The molecule has 126 valence electrons. The minimum atomic E-state index is -3.35. The molecule has 3 aliphatic heterocycles. The Morgan fingerprint density at radius 2 is 2.26 bits per heavy atom. The molecule has 4 heterocycles. The van der Waals surface area contributed by atoms with Gasteiger partial charge in [-0.05, 0) is 13.3 Å². The van der Waals surface area contributed by atoms with Gasteiger partial charge in [0.05, 0.1) is 12.6 Å². The van der Waals surface area contributed by atoms with E-state index < -0.39 is 20.9 Å². The number of carbonyl (C=O) groups is 1. The second kappa shape index (κ2) is 4.78. The Labute approximate surface area is 134 Å². The van der Waals surface area contributed by atoms with E-state index in [0.717, 1.165) is 0 Å². The van der Waals surface area contributed by atoms with Crippen molar-refractivity contribution >= 4 is 15.9 Å². The number of fused-ring (bicyclic) bond motifs is 1. The molecule has 3 atom stereocenters. The van der Waals surface area contributed by atoms with Gasteiger partial charge in [0.15, 0.2) is 5.69 Å². The largest absolute Gasteiger partial charge is 0.365 e. The van der Waals surface area contributed by atoms with Crippen molar-refractivity contribution in [3.63, 3.8) is 0 Å². The molecule has 4 rings (SSSR count). The molecule has 23 heavy (non-hydrogen) atoms. The molecule has 8 nitrogen and oxygen atoms in total. The van der Waals surface area contributed by atoms with E-state index in [-0.39, 0.29) is 24.2 Å². The fourth-order valence-electron chi connectivity index (χ4n) is 4.02.